The van der Waals surface area contributed by atoms with Crippen molar-refractivity contribution in [2.45, 2.75) is 70.7 Å². The molecular formula is C43H55F2N7O2S. The van der Waals surface area contributed by atoms with Crippen LogP contribution in [0.5, 0.6) is 0 Å². The van der Waals surface area contributed by atoms with Crippen LogP contribution in [0.2, 0.25) is 0 Å². The molecule has 55 heavy (non-hydrogen) atoms. The second-order valence-electron chi connectivity index (χ2n) is 15.3. The molecule has 0 N–H and O–H groups in total. The molecule has 0 radical (unpaired) electrons. The molecule has 6 unspecified atom stereocenters. The number of hydrazone groups is 1. The number of aryl methyl sites for hydroxylation is 1. The summed E-state index contributed by atoms with van der Waals surface area (Å²) < 4.78 is 37.3. The molecule has 0 spiro atoms. The van der Waals surface area contributed by atoms with E-state index in [-0.39, 0.29) is 24.0 Å². The van der Waals surface area contributed by atoms with Crippen LogP contribution in [-0.2, 0) is 21.7 Å². The highest BCUT2D eigenvalue weighted by Crippen LogP contribution is 2.45. The molecule has 0 saturated carbocycles. The number of carbonyl (C=O) groups excluding carboxylic acids is 1. The van der Waals surface area contributed by atoms with E-state index in [0.29, 0.717) is 30.9 Å². The van der Waals surface area contributed by atoms with Crippen LogP contribution in [-0.4, -0.2) is 98.1 Å². The largest absolute Gasteiger partial charge is 0.369 e. The zero-order chi connectivity index (χ0) is 39.0. The Morgan fingerprint density at radius 3 is 2.73 bits per heavy atom. The van der Waals surface area contributed by atoms with Crippen molar-refractivity contribution < 1.29 is 18.3 Å². The third-order valence-corrected chi connectivity index (χ3v) is 12.9. The lowest BCUT2D eigenvalue weighted by molar-refractivity contribution is -0.139. The van der Waals surface area contributed by atoms with E-state index in [4.69, 9.17) is 4.74 Å². The predicted octanol–water partition coefficient (Wildman–Crippen LogP) is 7.55. The van der Waals surface area contributed by atoms with Gasteiger partial charge in [-0.2, -0.15) is 22.0 Å². The van der Waals surface area contributed by atoms with Gasteiger partial charge in [-0.3, -0.25) is 14.4 Å². The number of allylic oxidation sites excluding steroid dienone is 7. The van der Waals surface area contributed by atoms with Gasteiger partial charge in [-0.15, -0.1) is 6.58 Å². The summed E-state index contributed by atoms with van der Waals surface area (Å²) in [7, 11) is 0. The number of piperazine rings is 1. The summed E-state index contributed by atoms with van der Waals surface area (Å²) in [6.45, 7) is 18.9. The molecule has 0 bridgehead atoms. The van der Waals surface area contributed by atoms with Crippen molar-refractivity contribution >= 4 is 23.9 Å². The maximum atomic E-state index is 15.1. The molecule has 1 aromatic carbocycles. The Kier molecular flexibility index (Phi) is 13.4. The van der Waals surface area contributed by atoms with E-state index in [1.165, 1.54) is 29.2 Å². The first-order valence-corrected chi connectivity index (χ1v) is 20.6. The van der Waals surface area contributed by atoms with Gasteiger partial charge >= 0.3 is 0 Å². The number of aromatic nitrogens is 3. The Hall–Kier alpha value is -4.13. The highest BCUT2D eigenvalue weighted by atomic mass is 32.2. The molecule has 6 rings (SSSR count). The number of amides is 1. The van der Waals surface area contributed by atoms with Gasteiger partial charge in [0.25, 0.3) is 0 Å². The van der Waals surface area contributed by atoms with E-state index >= 15 is 4.39 Å². The Bertz CT molecular complexity index is 1820. The minimum Gasteiger partial charge on any atom is -0.369 e. The van der Waals surface area contributed by atoms with Crippen molar-refractivity contribution in [3.05, 3.63) is 121 Å². The molecule has 1 amide bonds. The Balaban J connectivity index is 0.979. The fraction of sp³-hybridized carbons (Fsp3) is 0.488. The van der Waals surface area contributed by atoms with E-state index in [1.54, 1.807) is 23.2 Å². The average Bonchev–Trinajstić information content (AvgIpc) is 3.87. The summed E-state index contributed by atoms with van der Waals surface area (Å²) in [5.41, 5.74) is 1.36. The number of benzene rings is 1. The van der Waals surface area contributed by atoms with E-state index in [1.807, 2.05) is 37.9 Å². The number of ether oxygens (including phenoxy) is 1. The lowest BCUT2D eigenvalue weighted by atomic mass is 9.71. The van der Waals surface area contributed by atoms with E-state index in [9.17, 15) is 9.18 Å². The molecule has 4 aliphatic rings. The number of hydrogen-bond donors (Lipinski definition) is 0. The number of hydrogen-bond acceptors (Lipinski definition) is 8. The van der Waals surface area contributed by atoms with Crippen molar-refractivity contribution in [2.75, 3.05) is 44.2 Å². The fourth-order valence-electron chi connectivity index (χ4n) is 7.97. The third-order valence-electron chi connectivity index (χ3n) is 11.7. The van der Waals surface area contributed by atoms with E-state index in [2.05, 4.69) is 75.4 Å². The van der Waals surface area contributed by atoms with Crippen LogP contribution in [0.25, 0.3) is 0 Å². The first-order valence-electron chi connectivity index (χ1n) is 19.4. The van der Waals surface area contributed by atoms with Crippen LogP contribution in [0.15, 0.2) is 109 Å². The van der Waals surface area contributed by atoms with Crippen molar-refractivity contribution in [1.82, 2.24) is 29.6 Å². The van der Waals surface area contributed by atoms with E-state index < -0.39 is 22.7 Å². The molecule has 9 nitrogen and oxygen atoms in total. The number of halogens is 2. The minimum absolute atomic E-state index is 0.00888. The van der Waals surface area contributed by atoms with Gasteiger partial charge in [0.1, 0.15) is 24.3 Å². The number of rotatable bonds is 16. The Morgan fingerprint density at radius 1 is 1.18 bits per heavy atom. The summed E-state index contributed by atoms with van der Waals surface area (Å²) in [4.78, 5) is 22.2. The number of thioether (sulfide) groups is 1. The Labute approximate surface area is 329 Å². The second-order valence-corrected chi connectivity index (χ2v) is 16.4. The highest BCUT2D eigenvalue weighted by Gasteiger charge is 2.44. The zero-order valence-electron chi connectivity index (χ0n) is 32.4. The van der Waals surface area contributed by atoms with Crippen molar-refractivity contribution in [3.8, 4) is 0 Å². The molecule has 4 heterocycles. The van der Waals surface area contributed by atoms with Crippen molar-refractivity contribution in [2.24, 2.45) is 22.4 Å². The lowest BCUT2D eigenvalue weighted by Crippen LogP contribution is -2.48. The molecule has 294 valence electrons. The lowest BCUT2D eigenvalue weighted by Gasteiger charge is -2.40. The maximum absolute atomic E-state index is 15.1. The van der Waals surface area contributed by atoms with Gasteiger partial charge in [0.15, 0.2) is 0 Å². The van der Waals surface area contributed by atoms with Crippen LogP contribution in [0.3, 0.4) is 0 Å². The van der Waals surface area contributed by atoms with E-state index in [0.717, 1.165) is 68.7 Å². The summed E-state index contributed by atoms with van der Waals surface area (Å²) in [5.74, 6) is 0.794. The molecule has 12 heteroatoms. The predicted molar refractivity (Wildman–Crippen MR) is 217 cm³/mol. The summed E-state index contributed by atoms with van der Waals surface area (Å²) in [5, 5.41) is 10.3. The van der Waals surface area contributed by atoms with Gasteiger partial charge < -0.3 is 9.64 Å². The van der Waals surface area contributed by atoms with Gasteiger partial charge in [-0.05, 0) is 56.7 Å². The van der Waals surface area contributed by atoms with Gasteiger partial charge in [0, 0.05) is 86.2 Å². The minimum atomic E-state index is -0.827. The zero-order valence-corrected chi connectivity index (χ0v) is 33.2. The highest BCUT2D eigenvalue weighted by molar-refractivity contribution is 7.99. The van der Waals surface area contributed by atoms with Crippen molar-refractivity contribution in [3.63, 3.8) is 0 Å². The molecule has 6 atom stereocenters. The van der Waals surface area contributed by atoms with Gasteiger partial charge in [-0.1, -0.05) is 62.1 Å². The molecule has 1 aromatic heterocycles. The number of nitrogens with zero attached hydrogens (tertiary/aromatic N) is 7. The number of carbonyl (C=O) groups is 1. The molecule has 2 saturated heterocycles. The standard InChI is InChI=1S/C43H55F2N7O2S/c1-6-10-35(42(5)29-47-52(32(3)7-2)41(53)33(42)4)12-9-19-49-21-23-50(24-22-49)37-13-8-11-34(25-37)27-55-28-38-16-17-43(54-38,18-20-51-31-46-30-48-51)39-15-14-36(44)26-40(39)45/h6-10,12-15,25-26,29-34,38H,1-2,11,16-24,27-28H2,3-5H3/b12-9-,35-10+. The fourth-order valence-corrected chi connectivity index (χ4v) is 9.14. The summed E-state index contributed by atoms with van der Waals surface area (Å²) in [6, 6.07) is 3.64. The van der Waals surface area contributed by atoms with Crippen LogP contribution in [0.1, 0.15) is 52.0 Å². The molecule has 2 fully saturated rings. The third kappa shape index (κ3) is 9.47. The van der Waals surface area contributed by atoms with Crippen LogP contribution >= 0.6 is 11.8 Å². The molecular weight excluding hydrogens is 717 g/mol. The summed E-state index contributed by atoms with van der Waals surface area (Å²) in [6.07, 6.45) is 24.8. The smallest absolute Gasteiger partial charge is 0.247 e. The summed E-state index contributed by atoms with van der Waals surface area (Å²) >= 11 is 1.89. The average molecular weight is 772 g/mol. The topological polar surface area (TPSA) is 79.1 Å². The Morgan fingerprint density at radius 2 is 2.00 bits per heavy atom. The van der Waals surface area contributed by atoms with Gasteiger partial charge in [0.2, 0.25) is 5.91 Å². The van der Waals surface area contributed by atoms with Crippen LogP contribution in [0, 0.1) is 28.9 Å². The molecule has 1 aliphatic carbocycles. The van der Waals surface area contributed by atoms with Gasteiger partial charge in [0.05, 0.1) is 23.7 Å². The molecule has 3 aliphatic heterocycles. The van der Waals surface area contributed by atoms with Gasteiger partial charge in [-0.25, -0.2) is 18.8 Å². The first-order chi connectivity index (χ1) is 26.5. The van der Waals surface area contributed by atoms with Crippen molar-refractivity contribution in [1.29, 1.82) is 0 Å². The monoisotopic (exact) mass is 771 g/mol. The van der Waals surface area contributed by atoms with Crippen LogP contribution < -0.4 is 0 Å². The SMILES string of the molecule is C=C/C=C(\C=C/CN1CCN(C2=CC(CSCC3CCC(CCn4cncn4)(c4ccc(F)cc4F)O3)CC=C2)CC1)C1(C)C=NN(C(C)C=C)C(=O)C1C. The second kappa shape index (κ2) is 18.2. The van der Waals surface area contributed by atoms with Crippen LogP contribution in [0.4, 0.5) is 8.78 Å². The molecule has 2 aromatic rings. The first kappa shape index (κ1) is 40.5. The quantitative estimate of drug-likeness (QED) is 0.129. The maximum Gasteiger partial charge on any atom is 0.247 e. The normalized spacial score (nSPS) is 28.2.